The first-order valence-electron chi connectivity index (χ1n) is 15.5. The molecule has 1 amide bonds. The van der Waals surface area contributed by atoms with E-state index in [1.807, 2.05) is 19.2 Å². The molecule has 1 saturated heterocycles. The van der Waals surface area contributed by atoms with Crippen molar-refractivity contribution in [2.24, 2.45) is 10.9 Å². The molecule has 0 aliphatic carbocycles. The number of amides is 1. The number of benzene rings is 1. The molecule has 1 aromatic carbocycles. The highest BCUT2D eigenvalue weighted by atomic mass is 17.2. The van der Waals surface area contributed by atoms with E-state index < -0.39 is 49.3 Å². The molecule has 1 fully saturated rings. The van der Waals surface area contributed by atoms with E-state index in [0.29, 0.717) is 66.1 Å². The van der Waals surface area contributed by atoms with Gasteiger partial charge in [0.05, 0.1) is 12.0 Å². The van der Waals surface area contributed by atoms with Crippen molar-refractivity contribution in [3.8, 4) is 5.75 Å². The molecule has 8 atom stereocenters. The highest BCUT2D eigenvalue weighted by molar-refractivity contribution is 5.90. The Bertz CT molecular complexity index is 1650. The van der Waals surface area contributed by atoms with Crippen LogP contribution in [0.1, 0.15) is 37.5 Å². The number of aryl methyl sites for hydroxylation is 1. The van der Waals surface area contributed by atoms with E-state index in [1.165, 1.54) is 6.07 Å². The van der Waals surface area contributed by atoms with E-state index in [9.17, 15) is 30.0 Å². The smallest absolute Gasteiger partial charge is 0.222 e. The normalized spacial score (nSPS) is 27.8. The number of aliphatic hydroxyl groups is 5. The summed E-state index contributed by atoms with van der Waals surface area (Å²) in [5, 5.41) is 52.5. The zero-order chi connectivity index (χ0) is 32.7. The third-order valence-electron chi connectivity index (χ3n) is 9.28. The fourth-order valence-corrected chi connectivity index (χ4v) is 6.52. The van der Waals surface area contributed by atoms with Gasteiger partial charge in [-0.2, -0.15) is 0 Å². The third kappa shape index (κ3) is 6.27. The average Bonchev–Trinajstić information content (AvgIpc) is 3.75. The van der Waals surface area contributed by atoms with Crippen molar-refractivity contribution in [2.75, 3.05) is 26.3 Å². The molecule has 7 N–H and O–H groups in total. The summed E-state index contributed by atoms with van der Waals surface area (Å²) in [4.78, 5) is 41.7. The maximum Gasteiger partial charge on any atom is 0.222 e. The molecule has 1 aromatic heterocycles. The second-order valence-corrected chi connectivity index (χ2v) is 12.7. The number of aliphatic imine (C=N–C) groups is 1. The Hall–Kier alpha value is -3.47. The Labute approximate surface area is 264 Å². The zero-order valence-electron chi connectivity index (χ0n) is 25.6. The molecule has 248 valence electrons. The summed E-state index contributed by atoms with van der Waals surface area (Å²) in [7, 11) is 0. The van der Waals surface area contributed by atoms with E-state index in [4.69, 9.17) is 24.0 Å². The van der Waals surface area contributed by atoms with Crippen LogP contribution in [0, 0.1) is 12.8 Å². The van der Waals surface area contributed by atoms with Crippen LogP contribution in [-0.2, 0) is 21.0 Å². The van der Waals surface area contributed by atoms with E-state index in [-0.39, 0.29) is 23.7 Å². The van der Waals surface area contributed by atoms with Crippen molar-refractivity contribution in [3.63, 3.8) is 0 Å². The molecule has 46 heavy (non-hydrogen) atoms. The van der Waals surface area contributed by atoms with Gasteiger partial charge in [-0.25, -0.2) is 9.78 Å². The number of carbonyl (C=O) groups excluding carboxylic acids is 1. The maximum atomic E-state index is 13.2. The number of hydrogen-bond donors (Lipinski definition) is 7. The second kappa shape index (κ2) is 13.0. The first kappa shape index (κ1) is 32.5. The predicted octanol–water partition coefficient (Wildman–Crippen LogP) is -1.15. The van der Waals surface area contributed by atoms with Gasteiger partial charge in [-0.05, 0) is 44.7 Å². The molecular weight excluding hydrogens is 602 g/mol. The standard InChI is InChI=1S/C32H39N3O11/c1-16-7-22(37)20-9-19-10-25(46-43-15-24(39)29(42)28(41)23(38)14-36)32(2,5-3-17-8-26(40)34-11-17)45-30(19)27(31(20)44-16)35-12-18-4-6-33-21(18)13-35/h4,6-7,9,13,17,23-25,28-29,36,38-39,41-42H,3,5,8,10-12,14-15H2,1-2H3,(H,34,40)/p+1/t17-,23+,24-,25+,28+,29+,32+/m0/s1. The highest BCUT2D eigenvalue weighted by Crippen LogP contribution is 2.45. The molecule has 0 bridgehead atoms. The summed E-state index contributed by atoms with van der Waals surface area (Å²) >= 11 is 0. The number of carbonyl (C=O) groups is 1. The molecule has 2 aromatic rings. The first-order chi connectivity index (χ1) is 22.0. The minimum absolute atomic E-state index is 0.00502. The number of hydrogen-bond acceptors (Lipinski definition) is 12. The topological polar surface area (TPSA) is 205 Å². The molecule has 14 heteroatoms. The minimum Gasteiger partial charge on any atom is -0.478 e. The summed E-state index contributed by atoms with van der Waals surface area (Å²) in [5.74, 6) is 1.11. The fraction of sp³-hybridized carbons (Fsp3) is 0.531. The number of ether oxygens (including phenoxy) is 1. The lowest BCUT2D eigenvalue weighted by Gasteiger charge is -2.42. The monoisotopic (exact) mass is 642 g/mol. The minimum atomic E-state index is -1.82. The Morgan fingerprint density at radius 1 is 1.15 bits per heavy atom. The SMILES string of the molecule is Cc1cc(=O)c2cc3c(c([NH+]4C=C5N=CC=C5C4)c2o1)O[C@](C)(CC[C@@H]1CNC(=O)C1)[C@H](OOC[C@H](O)[C@@H](O)[C@H](O)[C@H](O)CO)C3. The maximum absolute atomic E-state index is 13.2. The Kier molecular flexibility index (Phi) is 9.15. The average molecular weight is 643 g/mol. The van der Waals surface area contributed by atoms with Gasteiger partial charge in [-0.3, -0.25) is 19.5 Å². The van der Waals surface area contributed by atoms with E-state index in [0.717, 1.165) is 16.2 Å². The van der Waals surface area contributed by atoms with Crippen LogP contribution < -0.4 is 20.4 Å². The van der Waals surface area contributed by atoms with Gasteiger partial charge >= 0.3 is 0 Å². The molecule has 4 aliphatic heterocycles. The van der Waals surface area contributed by atoms with Crippen molar-refractivity contribution in [2.45, 2.75) is 75.7 Å². The molecule has 6 rings (SSSR count). The summed E-state index contributed by atoms with van der Waals surface area (Å²) in [6.45, 7) is 3.36. The predicted molar refractivity (Wildman–Crippen MR) is 162 cm³/mol. The van der Waals surface area contributed by atoms with Crippen molar-refractivity contribution < 1.29 is 54.2 Å². The number of nitrogens with one attached hydrogen (secondary N) is 2. The molecule has 0 saturated carbocycles. The van der Waals surface area contributed by atoms with Crippen molar-refractivity contribution >= 4 is 28.8 Å². The lowest BCUT2D eigenvalue weighted by molar-refractivity contribution is -0.763. The van der Waals surface area contributed by atoms with Crippen molar-refractivity contribution in [3.05, 3.63) is 57.2 Å². The first-order valence-corrected chi connectivity index (χ1v) is 15.5. The van der Waals surface area contributed by atoms with Crippen LogP contribution in [-0.4, -0.2) is 100 Å². The van der Waals surface area contributed by atoms with Crippen LogP contribution in [0.3, 0.4) is 0 Å². The molecular formula is C32H40N3O11+. The largest absolute Gasteiger partial charge is 0.478 e. The summed E-state index contributed by atoms with van der Waals surface area (Å²) < 4.78 is 13.1. The number of quaternary nitrogens is 1. The molecule has 14 nitrogen and oxygen atoms in total. The molecule has 1 unspecified atom stereocenters. The molecule has 0 radical (unpaired) electrons. The van der Waals surface area contributed by atoms with Gasteiger partial charge in [0.25, 0.3) is 0 Å². The van der Waals surface area contributed by atoms with E-state index >= 15 is 0 Å². The van der Waals surface area contributed by atoms with Gasteiger partial charge in [0.2, 0.25) is 17.2 Å². The molecule has 0 spiro atoms. The number of aliphatic hydroxyl groups excluding tert-OH is 5. The number of fused-ring (bicyclic) bond motifs is 3. The lowest BCUT2D eigenvalue weighted by atomic mass is 9.83. The number of nitrogens with zero attached hydrogens (tertiary/aromatic N) is 1. The summed E-state index contributed by atoms with van der Waals surface area (Å²) in [6.07, 6.45) is -0.260. The van der Waals surface area contributed by atoms with Crippen LogP contribution in [0.4, 0.5) is 5.69 Å². The fourth-order valence-electron chi connectivity index (χ4n) is 6.52. The van der Waals surface area contributed by atoms with Gasteiger partial charge in [0.15, 0.2) is 11.2 Å². The van der Waals surface area contributed by atoms with Crippen LogP contribution in [0.2, 0.25) is 0 Å². The number of rotatable bonds is 12. The molecule has 4 aliphatic rings. The number of allylic oxidation sites excluding steroid dienone is 1. The van der Waals surface area contributed by atoms with E-state index in [2.05, 4.69) is 10.3 Å². The van der Waals surface area contributed by atoms with Crippen LogP contribution in [0.15, 0.2) is 49.9 Å². The quantitative estimate of drug-likeness (QED) is 0.109. The van der Waals surface area contributed by atoms with Crippen molar-refractivity contribution in [1.29, 1.82) is 0 Å². The summed E-state index contributed by atoms with van der Waals surface area (Å²) in [5.41, 5.74) is 2.46. The van der Waals surface area contributed by atoms with E-state index in [1.54, 1.807) is 19.2 Å². The van der Waals surface area contributed by atoms with Crippen LogP contribution >= 0.6 is 0 Å². The zero-order valence-corrected chi connectivity index (χ0v) is 25.6. The van der Waals surface area contributed by atoms with Crippen LogP contribution in [0.5, 0.6) is 5.75 Å². The summed E-state index contributed by atoms with van der Waals surface area (Å²) in [6, 6.07) is 3.18. The van der Waals surface area contributed by atoms with Crippen molar-refractivity contribution in [1.82, 2.24) is 5.32 Å². The molecule has 5 heterocycles. The van der Waals surface area contributed by atoms with Gasteiger partial charge < -0.3 is 40.0 Å². The highest BCUT2D eigenvalue weighted by Gasteiger charge is 2.47. The Morgan fingerprint density at radius 3 is 2.65 bits per heavy atom. The van der Waals surface area contributed by atoms with Gasteiger partial charge in [0, 0.05) is 42.8 Å². The third-order valence-corrected chi connectivity index (χ3v) is 9.28. The second-order valence-electron chi connectivity index (χ2n) is 12.7. The van der Waals surface area contributed by atoms with Crippen LogP contribution in [0.25, 0.3) is 11.0 Å². The lowest BCUT2D eigenvalue weighted by Crippen LogP contribution is -3.01. The Balaban J connectivity index is 1.33. The Morgan fingerprint density at radius 2 is 1.93 bits per heavy atom. The van der Waals surface area contributed by atoms with Gasteiger partial charge in [-0.1, -0.05) is 0 Å². The van der Waals surface area contributed by atoms with Gasteiger partial charge in [-0.15, -0.1) is 0 Å². The van der Waals surface area contributed by atoms with Gasteiger partial charge in [0.1, 0.15) is 66.9 Å².